The van der Waals surface area contributed by atoms with Crippen LogP contribution in [0.4, 0.5) is 0 Å². The largest absolute Gasteiger partial charge is 0.481 e. The Bertz CT molecular complexity index is 408. The van der Waals surface area contributed by atoms with E-state index < -0.39 is 5.97 Å². The summed E-state index contributed by atoms with van der Waals surface area (Å²) in [6.07, 6.45) is 5.22. The van der Waals surface area contributed by atoms with E-state index in [1.54, 1.807) is 0 Å². The van der Waals surface area contributed by atoms with Crippen molar-refractivity contribution < 1.29 is 9.90 Å². The van der Waals surface area contributed by atoms with Gasteiger partial charge in [-0.1, -0.05) is 6.07 Å². The summed E-state index contributed by atoms with van der Waals surface area (Å²) in [6.45, 7) is 4.26. The summed E-state index contributed by atoms with van der Waals surface area (Å²) in [5.41, 5.74) is 1.10. The van der Waals surface area contributed by atoms with Crippen LogP contribution in [-0.2, 0) is 4.79 Å². The van der Waals surface area contributed by atoms with Crippen molar-refractivity contribution in [1.29, 1.82) is 0 Å². The number of aliphatic carboxylic acids is 1. The van der Waals surface area contributed by atoms with Gasteiger partial charge < -0.3 is 5.11 Å². The lowest BCUT2D eigenvalue weighted by Gasteiger charge is -2.36. The number of carbonyl (C=O) groups is 1. The van der Waals surface area contributed by atoms with Gasteiger partial charge in [-0.3, -0.25) is 14.7 Å². The van der Waals surface area contributed by atoms with Crippen LogP contribution in [0.3, 0.4) is 0 Å². The molecule has 2 unspecified atom stereocenters. The molecule has 1 N–H and O–H groups in total. The molecule has 19 heavy (non-hydrogen) atoms. The normalized spacial score (nSPS) is 22.1. The van der Waals surface area contributed by atoms with Gasteiger partial charge in [0, 0.05) is 25.2 Å². The maximum absolute atomic E-state index is 10.7. The Morgan fingerprint density at radius 3 is 3.11 bits per heavy atom. The minimum Gasteiger partial charge on any atom is -0.481 e. The summed E-state index contributed by atoms with van der Waals surface area (Å²) in [4.78, 5) is 17.5. The van der Waals surface area contributed by atoms with E-state index in [0.717, 1.165) is 38.0 Å². The van der Waals surface area contributed by atoms with Gasteiger partial charge >= 0.3 is 5.97 Å². The number of pyridine rings is 1. The third-order valence-corrected chi connectivity index (χ3v) is 3.98. The fraction of sp³-hybridized carbons (Fsp3) is 0.600. The van der Waals surface area contributed by atoms with Crippen LogP contribution in [0.5, 0.6) is 0 Å². The lowest BCUT2D eigenvalue weighted by molar-refractivity contribution is -0.137. The maximum Gasteiger partial charge on any atom is 0.303 e. The lowest BCUT2D eigenvalue weighted by atomic mass is 9.92. The monoisotopic (exact) mass is 262 g/mol. The van der Waals surface area contributed by atoms with Crippen molar-refractivity contribution >= 4 is 5.97 Å². The number of hydrogen-bond acceptors (Lipinski definition) is 3. The molecule has 0 saturated carbocycles. The highest BCUT2D eigenvalue weighted by molar-refractivity contribution is 5.66. The van der Waals surface area contributed by atoms with Gasteiger partial charge in [-0.15, -0.1) is 0 Å². The van der Waals surface area contributed by atoms with Crippen LogP contribution >= 0.6 is 0 Å². The van der Waals surface area contributed by atoms with Crippen molar-refractivity contribution in [2.24, 2.45) is 5.92 Å². The van der Waals surface area contributed by atoms with Crippen LogP contribution in [0.1, 0.15) is 44.3 Å². The number of aromatic nitrogens is 1. The number of hydrogen-bond donors (Lipinski definition) is 1. The van der Waals surface area contributed by atoms with E-state index in [9.17, 15) is 4.79 Å². The second-order valence-corrected chi connectivity index (χ2v) is 5.37. The fourth-order valence-corrected chi connectivity index (χ4v) is 2.82. The van der Waals surface area contributed by atoms with E-state index >= 15 is 0 Å². The van der Waals surface area contributed by atoms with E-state index in [4.69, 9.17) is 5.11 Å². The molecule has 0 bridgehead atoms. The zero-order valence-corrected chi connectivity index (χ0v) is 11.5. The molecule has 2 heterocycles. The molecule has 0 radical (unpaired) electrons. The Balaban J connectivity index is 1.91. The highest BCUT2D eigenvalue weighted by Crippen LogP contribution is 2.27. The van der Waals surface area contributed by atoms with E-state index in [2.05, 4.69) is 22.9 Å². The first-order valence-corrected chi connectivity index (χ1v) is 7.03. The average molecular weight is 262 g/mol. The van der Waals surface area contributed by atoms with Crippen molar-refractivity contribution in [3.05, 3.63) is 30.1 Å². The van der Waals surface area contributed by atoms with E-state index in [0.29, 0.717) is 12.0 Å². The van der Waals surface area contributed by atoms with Crippen LogP contribution in [0.2, 0.25) is 0 Å². The molecule has 0 aliphatic carbocycles. The van der Waals surface area contributed by atoms with Crippen molar-refractivity contribution in [3.8, 4) is 0 Å². The first kappa shape index (κ1) is 14.0. The Hall–Kier alpha value is -1.42. The van der Waals surface area contributed by atoms with Crippen LogP contribution in [0.25, 0.3) is 0 Å². The molecule has 1 aromatic heterocycles. The van der Waals surface area contributed by atoms with E-state index in [-0.39, 0.29) is 6.42 Å². The summed E-state index contributed by atoms with van der Waals surface area (Å²) in [6, 6.07) is 6.33. The van der Waals surface area contributed by atoms with Crippen molar-refractivity contribution in [1.82, 2.24) is 9.88 Å². The van der Waals surface area contributed by atoms with Crippen LogP contribution in [0.15, 0.2) is 24.4 Å². The molecule has 1 aromatic rings. The summed E-state index contributed by atoms with van der Waals surface area (Å²) < 4.78 is 0. The molecule has 2 rings (SSSR count). The molecule has 1 saturated heterocycles. The Kier molecular flexibility index (Phi) is 4.91. The smallest absolute Gasteiger partial charge is 0.303 e. The predicted molar refractivity (Wildman–Crippen MR) is 73.8 cm³/mol. The third-order valence-electron chi connectivity index (χ3n) is 3.98. The second-order valence-electron chi connectivity index (χ2n) is 5.37. The molecule has 104 valence electrons. The summed E-state index contributed by atoms with van der Waals surface area (Å²) >= 11 is 0. The lowest BCUT2D eigenvalue weighted by Crippen LogP contribution is -2.37. The maximum atomic E-state index is 10.7. The van der Waals surface area contributed by atoms with Crippen molar-refractivity contribution in [2.75, 3.05) is 13.1 Å². The van der Waals surface area contributed by atoms with Crippen LogP contribution in [-0.4, -0.2) is 34.0 Å². The molecule has 0 aromatic carbocycles. The molecule has 0 amide bonds. The minimum absolute atomic E-state index is 0.288. The fourth-order valence-electron chi connectivity index (χ4n) is 2.82. The topological polar surface area (TPSA) is 53.4 Å². The van der Waals surface area contributed by atoms with Gasteiger partial charge in [0.1, 0.15) is 0 Å². The van der Waals surface area contributed by atoms with Crippen molar-refractivity contribution in [3.63, 3.8) is 0 Å². The molecular formula is C15H22N2O2. The molecule has 0 spiro atoms. The number of carboxylic acid groups (broad SMARTS) is 1. The first-order chi connectivity index (χ1) is 9.16. The zero-order chi connectivity index (χ0) is 13.7. The van der Waals surface area contributed by atoms with Gasteiger partial charge in [-0.25, -0.2) is 0 Å². The molecule has 1 aliphatic rings. The van der Waals surface area contributed by atoms with Gasteiger partial charge in [-0.05, 0) is 50.8 Å². The number of rotatable bonds is 5. The molecular weight excluding hydrogens is 240 g/mol. The second kappa shape index (κ2) is 6.66. The number of nitrogens with zero attached hydrogens (tertiary/aromatic N) is 2. The molecule has 2 atom stereocenters. The van der Waals surface area contributed by atoms with Crippen LogP contribution in [0, 0.1) is 5.92 Å². The number of piperidine rings is 1. The average Bonchev–Trinajstić information content (AvgIpc) is 2.45. The highest BCUT2D eigenvalue weighted by atomic mass is 16.4. The molecule has 4 nitrogen and oxygen atoms in total. The summed E-state index contributed by atoms with van der Waals surface area (Å²) in [7, 11) is 0. The van der Waals surface area contributed by atoms with Gasteiger partial charge in [0.2, 0.25) is 0 Å². The van der Waals surface area contributed by atoms with Gasteiger partial charge in [0.05, 0.1) is 5.69 Å². The zero-order valence-electron chi connectivity index (χ0n) is 11.5. The Morgan fingerprint density at radius 2 is 2.42 bits per heavy atom. The highest BCUT2D eigenvalue weighted by Gasteiger charge is 2.25. The Labute approximate surface area is 114 Å². The molecule has 4 heteroatoms. The number of carboxylic acids is 1. The quantitative estimate of drug-likeness (QED) is 0.886. The molecule has 1 fully saturated rings. The first-order valence-electron chi connectivity index (χ1n) is 7.03. The van der Waals surface area contributed by atoms with E-state index in [1.807, 2.05) is 18.3 Å². The van der Waals surface area contributed by atoms with Crippen molar-refractivity contribution in [2.45, 2.75) is 38.6 Å². The molecule has 1 aliphatic heterocycles. The minimum atomic E-state index is -0.685. The number of likely N-dealkylation sites (tertiary alicyclic amines) is 1. The predicted octanol–water partition coefficient (Wildman–Crippen LogP) is 2.72. The third kappa shape index (κ3) is 4.03. The van der Waals surface area contributed by atoms with Gasteiger partial charge in [0.15, 0.2) is 0 Å². The van der Waals surface area contributed by atoms with Gasteiger partial charge in [-0.2, -0.15) is 0 Å². The van der Waals surface area contributed by atoms with E-state index in [1.165, 1.54) is 0 Å². The van der Waals surface area contributed by atoms with Gasteiger partial charge in [0.25, 0.3) is 0 Å². The SMILES string of the molecule is CC(c1ccccn1)N1CCCC(CCC(=O)O)C1. The van der Waals surface area contributed by atoms with Crippen LogP contribution < -0.4 is 0 Å². The standard InChI is InChI=1S/C15H22N2O2/c1-12(14-6-2-3-9-16-14)17-10-4-5-13(11-17)7-8-15(18)19/h2-3,6,9,12-13H,4-5,7-8,10-11H2,1H3,(H,18,19). The summed E-state index contributed by atoms with van der Waals surface area (Å²) in [5, 5.41) is 8.77. The Morgan fingerprint density at radius 1 is 1.58 bits per heavy atom. The summed E-state index contributed by atoms with van der Waals surface area (Å²) in [5.74, 6) is -0.175.